The van der Waals surface area contributed by atoms with E-state index in [1.807, 2.05) is 30.3 Å². The van der Waals surface area contributed by atoms with E-state index in [-0.39, 0.29) is 11.1 Å². The molecule has 0 aliphatic heterocycles. The van der Waals surface area contributed by atoms with Crippen molar-refractivity contribution in [2.24, 2.45) is 0 Å². The van der Waals surface area contributed by atoms with Crippen LogP contribution in [0.1, 0.15) is 37.0 Å². The smallest absolute Gasteiger partial charge is 0.0972 e. The molecule has 14 rings (SSSR count). The Morgan fingerprint density at radius 2 is 0.768 bits per heavy atom. The van der Waals surface area contributed by atoms with Gasteiger partial charge in [-0.1, -0.05) is 224 Å². The molecular formula is C66H40N2S. The minimum Gasteiger partial charge on any atom is -0.254 e. The molecule has 320 valence electrons. The minimum absolute atomic E-state index is 0.159. The van der Waals surface area contributed by atoms with Crippen LogP contribution in [0.4, 0.5) is 0 Å². The molecule has 3 heteroatoms. The highest BCUT2D eigenvalue weighted by molar-refractivity contribution is 7.20. The summed E-state index contributed by atoms with van der Waals surface area (Å²) in [6.07, 6.45) is 1.65. The molecule has 0 atom stereocenters. The summed E-state index contributed by atoms with van der Waals surface area (Å²) in [6.45, 7) is 0. The van der Waals surface area contributed by atoms with E-state index in [1.165, 1.54) is 0 Å². The van der Waals surface area contributed by atoms with Gasteiger partial charge in [-0.15, -0.1) is 11.3 Å². The summed E-state index contributed by atoms with van der Waals surface area (Å²) in [7, 11) is 0. The van der Waals surface area contributed by atoms with Gasteiger partial charge in [-0.2, -0.15) is 0 Å². The fraction of sp³-hybridized carbons (Fsp3) is 0. The number of pyridine rings is 2. The molecule has 3 aromatic heterocycles. The Morgan fingerprint density at radius 1 is 0.304 bits per heavy atom. The van der Waals surface area contributed by atoms with Gasteiger partial charge in [-0.3, -0.25) is 4.98 Å². The first-order valence-corrected chi connectivity index (χ1v) is 22.2. The highest BCUT2D eigenvalue weighted by atomic mass is 32.1. The first kappa shape index (κ1) is 21.0. The van der Waals surface area contributed by atoms with Crippen LogP contribution in [0.3, 0.4) is 0 Å². The molecule has 69 heavy (non-hydrogen) atoms. The van der Waals surface area contributed by atoms with Gasteiger partial charge < -0.3 is 0 Å². The second-order valence-electron chi connectivity index (χ2n) is 15.9. The standard InChI is InChI=1S/C66H40N2S/c1-4-22-46-41(15-1)18-11-29-56(46)61-62(57-30-12-19-42-16-2-5-23-47(42)57)66(69-65(61)58-31-13-20-43-17-3-6-24-48(43)58)59-38-36-54(50-26-8-10-28-52(50)59)53-35-37-55(51-27-9-7-25-49(51)53)60-39-34-45-33-32-44-21-14-40-67-63(44)64(45)68-60/h1-40H/i1D,2D,3D,4D,5D,6D,8D,10D,11D,12D,13D,15D,16D,17D,18D,19D,20D,22D,23D,24D,26D,28D,29D,30D,31D,36D,38D. The Bertz CT molecular complexity index is 5980. The fourth-order valence-corrected chi connectivity index (χ4v) is 10.5. The number of nitrogens with zero attached hydrogens (tertiary/aromatic N) is 2. The minimum atomic E-state index is -1.06. The van der Waals surface area contributed by atoms with Gasteiger partial charge in [0.05, 0.1) is 53.7 Å². The summed E-state index contributed by atoms with van der Waals surface area (Å²) in [5.74, 6) is 0. The van der Waals surface area contributed by atoms with E-state index < -0.39 is 249 Å². The topological polar surface area (TPSA) is 25.8 Å². The number of aromatic nitrogens is 2. The maximum atomic E-state index is 10.5. The summed E-state index contributed by atoms with van der Waals surface area (Å²) >= 11 is 0.356. The fourth-order valence-electron chi connectivity index (χ4n) is 9.17. The zero-order valence-corrected chi connectivity index (χ0v) is 36.1. The third-order valence-corrected chi connectivity index (χ3v) is 13.4. The molecule has 0 N–H and O–H groups in total. The van der Waals surface area contributed by atoms with Crippen molar-refractivity contribution >= 4 is 87.0 Å². The molecular weight excluding hydrogens is 853 g/mol. The van der Waals surface area contributed by atoms with Crippen molar-refractivity contribution in [1.29, 1.82) is 0 Å². The molecule has 0 radical (unpaired) electrons. The van der Waals surface area contributed by atoms with Crippen molar-refractivity contribution in [3.63, 3.8) is 0 Å². The van der Waals surface area contributed by atoms with Gasteiger partial charge in [-0.25, -0.2) is 4.98 Å². The van der Waals surface area contributed by atoms with Crippen molar-refractivity contribution < 1.29 is 37.0 Å². The van der Waals surface area contributed by atoms with Crippen LogP contribution in [0, 0.1) is 0 Å². The molecule has 11 aromatic carbocycles. The van der Waals surface area contributed by atoms with Crippen molar-refractivity contribution in [2.45, 2.75) is 0 Å². The third-order valence-electron chi connectivity index (χ3n) is 12.2. The molecule has 14 aromatic rings. The molecule has 0 unspecified atom stereocenters. The molecule has 0 spiro atoms. The van der Waals surface area contributed by atoms with Crippen LogP contribution >= 0.6 is 11.3 Å². The molecule has 0 aliphatic rings. The summed E-state index contributed by atoms with van der Waals surface area (Å²) in [4.78, 5) is 8.51. The maximum absolute atomic E-state index is 10.5. The van der Waals surface area contributed by atoms with Gasteiger partial charge in [-0.05, 0) is 88.2 Å². The number of rotatable bonds is 6. The van der Waals surface area contributed by atoms with E-state index in [4.69, 9.17) is 16.0 Å². The zero-order valence-electron chi connectivity index (χ0n) is 62.3. The average Bonchev–Trinajstić information content (AvgIpc) is 1.39. The van der Waals surface area contributed by atoms with Gasteiger partial charge in [0.2, 0.25) is 0 Å². The van der Waals surface area contributed by atoms with E-state index in [0.29, 0.717) is 44.4 Å². The molecule has 2 nitrogen and oxygen atoms in total. The zero-order chi connectivity index (χ0) is 68.9. The van der Waals surface area contributed by atoms with Crippen molar-refractivity contribution in [3.05, 3.63) is 242 Å². The number of thiophene rings is 1. The molecule has 0 aliphatic carbocycles. The molecule has 3 heterocycles. The van der Waals surface area contributed by atoms with E-state index >= 15 is 0 Å². The van der Waals surface area contributed by atoms with Crippen LogP contribution in [0.2, 0.25) is 0 Å². The number of hydrogen-bond acceptors (Lipinski definition) is 3. The van der Waals surface area contributed by atoms with Crippen LogP contribution in [0.5, 0.6) is 0 Å². The molecule has 0 saturated heterocycles. The molecule has 0 saturated carbocycles. The SMILES string of the molecule is [2H]c1c([2H])c([2H])c2c(-c3sc(-c4c([2H])c([2H])c(-c5ccc(-c6ccc7ccc8cccnc8c7n6)c6ccccc56)c5c([2H])c([2H])c([2H])c([2H])c45)c(-c4c([2H])c([2H])c([2H])c5c([2H])c([2H])c([2H])c([2H])c45)c3-c3c([2H])c([2H])c([2H])c4c([2H])c([2H])c([2H])c([2H])c34)c([2H])c([2H])c([2H])c2c1[2H]. The van der Waals surface area contributed by atoms with Gasteiger partial charge in [0.1, 0.15) is 0 Å². The summed E-state index contributed by atoms with van der Waals surface area (Å²) in [5.41, 5.74) is -2.18. The maximum Gasteiger partial charge on any atom is 0.0972 e. The van der Waals surface area contributed by atoms with Gasteiger partial charge in [0.25, 0.3) is 0 Å². The summed E-state index contributed by atoms with van der Waals surface area (Å²) in [6, 6.07) is -3.65. The third kappa shape index (κ3) is 6.32. The predicted octanol–water partition coefficient (Wildman–Crippen LogP) is 18.6. The van der Waals surface area contributed by atoms with Crippen LogP contribution in [0.25, 0.3) is 141 Å². The second-order valence-corrected chi connectivity index (χ2v) is 16.9. The predicted molar refractivity (Wildman–Crippen MR) is 295 cm³/mol. The van der Waals surface area contributed by atoms with Gasteiger partial charge in [0.15, 0.2) is 0 Å². The van der Waals surface area contributed by atoms with Crippen LogP contribution < -0.4 is 0 Å². The first-order chi connectivity index (χ1) is 45.5. The molecule has 0 amide bonds. The van der Waals surface area contributed by atoms with Gasteiger partial charge >= 0.3 is 0 Å². The largest absolute Gasteiger partial charge is 0.254 e. The van der Waals surface area contributed by atoms with Crippen LogP contribution in [-0.2, 0) is 0 Å². The van der Waals surface area contributed by atoms with E-state index in [2.05, 4.69) is 4.98 Å². The van der Waals surface area contributed by atoms with E-state index in [0.717, 1.165) is 10.8 Å². The Labute approximate surface area is 441 Å². The monoisotopic (exact) mass is 919 g/mol. The summed E-state index contributed by atoms with van der Waals surface area (Å²) in [5, 5.41) is -2.59. The number of fused-ring (bicyclic) bond motifs is 8. The lowest BCUT2D eigenvalue weighted by molar-refractivity contribution is 1.37. The Hall–Kier alpha value is -8.76. The van der Waals surface area contributed by atoms with Gasteiger partial charge in [0, 0.05) is 54.5 Å². The van der Waals surface area contributed by atoms with Crippen LogP contribution in [-0.4, -0.2) is 9.97 Å². The van der Waals surface area contributed by atoms with Crippen molar-refractivity contribution in [2.75, 3.05) is 0 Å². The molecule has 0 bridgehead atoms. The summed E-state index contributed by atoms with van der Waals surface area (Å²) < 4.78 is 255. The van der Waals surface area contributed by atoms with E-state index in [9.17, 15) is 26.0 Å². The van der Waals surface area contributed by atoms with E-state index in [1.54, 1.807) is 48.7 Å². The lowest BCUT2D eigenvalue weighted by atomic mass is 9.85. The normalized spacial score (nSPS) is 17.2. The van der Waals surface area contributed by atoms with Crippen molar-refractivity contribution in [3.8, 4) is 65.5 Å². The Morgan fingerprint density at radius 3 is 1.41 bits per heavy atom. The second kappa shape index (κ2) is 16.0. The van der Waals surface area contributed by atoms with Crippen LogP contribution in [0.15, 0.2) is 242 Å². The number of hydrogen-bond donors (Lipinski definition) is 0. The lowest BCUT2D eigenvalue weighted by Crippen LogP contribution is -1.92. The molecule has 0 fully saturated rings. The number of benzene rings is 11. The quantitative estimate of drug-likeness (QED) is 0.155. The highest BCUT2D eigenvalue weighted by Crippen LogP contribution is 2.56. The Balaban J connectivity index is 1.25. The first-order valence-electron chi connectivity index (χ1n) is 34.9. The average molecular weight is 920 g/mol. The lowest BCUT2D eigenvalue weighted by Gasteiger charge is -2.17. The van der Waals surface area contributed by atoms with Crippen molar-refractivity contribution in [1.82, 2.24) is 9.97 Å². The Kier molecular flexibility index (Phi) is 4.86. The highest BCUT2D eigenvalue weighted by Gasteiger charge is 2.28.